The van der Waals surface area contributed by atoms with Crippen LogP contribution in [0.1, 0.15) is 46.4 Å². The average molecular weight is 489 g/mol. The second-order valence-corrected chi connectivity index (χ2v) is 8.50. The number of carbonyl (C=O) groups is 1. The number of nitrogens with zero attached hydrogens (tertiary/aromatic N) is 3. The molecule has 0 aliphatic carbocycles. The minimum absolute atomic E-state index is 0.246. The molecule has 11 heteroatoms. The van der Waals surface area contributed by atoms with Crippen LogP contribution in [0.5, 0.6) is 11.5 Å². The number of fused-ring (bicyclic) bond motifs is 2. The Balaban J connectivity index is 1.69. The SMILES string of the molecule is O=C1c2c(O)c(=O)cnn2[C@@H]([C@H](c2ccc(F)cc2)c2ccc(OC(F)(F)F)cc2)[C@H]2CCCN12. The van der Waals surface area contributed by atoms with E-state index < -0.39 is 47.0 Å². The Morgan fingerprint density at radius 3 is 2.29 bits per heavy atom. The Hall–Kier alpha value is -3.89. The summed E-state index contributed by atoms with van der Waals surface area (Å²) in [5, 5.41) is 14.6. The molecule has 1 aromatic heterocycles. The van der Waals surface area contributed by atoms with Crippen LogP contribution in [-0.4, -0.2) is 44.6 Å². The van der Waals surface area contributed by atoms with E-state index in [4.69, 9.17) is 0 Å². The Kier molecular flexibility index (Phi) is 5.49. The van der Waals surface area contributed by atoms with Crippen LogP contribution in [-0.2, 0) is 0 Å². The van der Waals surface area contributed by atoms with Crippen LogP contribution in [0.25, 0.3) is 0 Å². The molecule has 7 nitrogen and oxygen atoms in total. The predicted octanol–water partition coefficient (Wildman–Crippen LogP) is 3.98. The molecule has 1 saturated heterocycles. The van der Waals surface area contributed by atoms with E-state index in [1.165, 1.54) is 41.1 Å². The van der Waals surface area contributed by atoms with E-state index in [0.717, 1.165) is 6.20 Å². The molecule has 5 rings (SSSR count). The van der Waals surface area contributed by atoms with Crippen LogP contribution in [0.15, 0.2) is 59.5 Å². The van der Waals surface area contributed by atoms with Crippen molar-refractivity contribution in [3.8, 4) is 11.5 Å². The van der Waals surface area contributed by atoms with Crippen LogP contribution in [0.3, 0.4) is 0 Å². The number of rotatable bonds is 4. The third-order valence-corrected chi connectivity index (χ3v) is 6.47. The Morgan fingerprint density at radius 2 is 1.66 bits per heavy atom. The maximum Gasteiger partial charge on any atom is 0.573 e. The van der Waals surface area contributed by atoms with Crippen molar-refractivity contribution in [3.63, 3.8) is 0 Å². The number of halogens is 4. The lowest BCUT2D eigenvalue weighted by molar-refractivity contribution is -0.274. The number of alkyl halides is 3. The Morgan fingerprint density at radius 1 is 1.03 bits per heavy atom. The maximum atomic E-state index is 13.7. The standard InChI is InChI=1S/C24H19F4N3O4/c25-15-7-3-13(4-8-15)19(14-5-9-16(10-6-14)35-24(26,27)28)20-17-2-1-11-30(17)23(34)21-22(33)18(32)12-29-31(20)21/h3-10,12,17,19-20,33H,1-2,11H2/t17-,19-,20-/m1/s1. The quantitative estimate of drug-likeness (QED) is 0.561. The molecule has 2 aromatic carbocycles. The molecule has 1 fully saturated rings. The van der Waals surface area contributed by atoms with Gasteiger partial charge in [-0.15, -0.1) is 13.2 Å². The molecule has 3 heterocycles. The van der Waals surface area contributed by atoms with Crippen LogP contribution < -0.4 is 10.2 Å². The average Bonchev–Trinajstić information content (AvgIpc) is 3.29. The van der Waals surface area contributed by atoms with Crippen LogP contribution in [0.2, 0.25) is 0 Å². The zero-order chi connectivity index (χ0) is 24.9. The second-order valence-electron chi connectivity index (χ2n) is 8.50. The molecule has 2 aliphatic heterocycles. The van der Waals surface area contributed by atoms with Gasteiger partial charge in [0.05, 0.1) is 18.3 Å². The van der Waals surface area contributed by atoms with E-state index in [1.54, 1.807) is 17.0 Å². The first kappa shape index (κ1) is 22.9. The summed E-state index contributed by atoms with van der Waals surface area (Å²) in [5.74, 6) is -2.71. The van der Waals surface area contributed by atoms with Gasteiger partial charge in [-0.05, 0) is 48.2 Å². The van der Waals surface area contributed by atoms with E-state index in [1.807, 2.05) is 0 Å². The zero-order valence-electron chi connectivity index (χ0n) is 18.1. The molecule has 0 saturated carbocycles. The van der Waals surface area contributed by atoms with Gasteiger partial charge >= 0.3 is 6.36 Å². The topological polar surface area (TPSA) is 84.7 Å². The molecule has 182 valence electrons. The molecular formula is C24H19F4N3O4. The molecule has 1 amide bonds. The van der Waals surface area contributed by atoms with E-state index in [2.05, 4.69) is 9.84 Å². The van der Waals surface area contributed by atoms with Crippen molar-refractivity contribution in [3.05, 3.63) is 87.6 Å². The number of benzene rings is 2. The van der Waals surface area contributed by atoms with Gasteiger partial charge in [0.15, 0.2) is 11.4 Å². The highest BCUT2D eigenvalue weighted by molar-refractivity contribution is 5.96. The molecule has 0 radical (unpaired) electrons. The normalized spacial score (nSPS) is 20.3. The summed E-state index contributed by atoms with van der Waals surface area (Å²) in [6.45, 7) is 0.414. The maximum absolute atomic E-state index is 13.7. The van der Waals surface area contributed by atoms with Gasteiger partial charge in [0.2, 0.25) is 5.43 Å². The van der Waals surface area contributed by atoms with Crippen molar-refractivity contribution in [2.24, 2.45) is 0 Å². The number of carbonyl (C=O) groups excluding carboxylic acids is 1. The highest BCUT2D eigenvalue weighted by atomic mass is 19.4. The first-order valence-electron chi connectivity index (χ1n) is 10.9. The summed E-state index contributed by atoms with van der Waals surface area (Å²) in [4.78, 5) is 26.8. The monoisotopic (exact) mass is 489 g/mol. The molecule has 0 unspecified atom stereocenters. The van der Waals surface area contributed by atoms with E-state index in [9.17, 15) is 32.3 Å². The fourth-order valence-electron chi connectivity index (χ4n) is 5.08. The molecule has 0 bridgehead atoms. The molecule has 0 spiro atoms. The van der Waals surface area contributed by atoms with Gasteiger partial charge in [0.1, 0.15) is 11.6 Å². The molecular weight excluding hydrogens is 470 g/mol. The van der Waals surface area contributed by atoms with Gasteiger partial charge < -0.3 is 14.7 Å². The number of aromatic hydroxyl groups is 1. The van der Waals surface area contributed by atoms with Crippen molar-refractivity contribution in [1.82, 2.24) is 14.7 Å². The highest BCUT2D eigenvalue weighted by Crippen LogP contribution is 2.46. The Labute approximate surface area is 196 Å². The van der Waals surface area contributed by atoms with Crippen molar-refractivity contribution in [2.75, 3.05) is 6.54 Å². The number of ether oxygens (including phenoxy) is 1. The predicted molar refractivity (Wildman–Crippen MR) is 115 cm³/mol. The molecule has 3 aromatic rings. The summed E-state index contributed by atoms with van der Waals surface area (Å²) in [7, 11) is 0. The van der Waals surface area contributed by atoms with Gasteiger partial charge in [-0.2, -0.15) is 5.10 Å². The van der Waals surface area contributed by atoms with Gasteiger partial charge in [0.25, 0.3) is 5.91 Å². The largest absolute Gasteiger partial charge is 0.573 e. The summed E-state index contributed by atoms with van der Waals surface area (Å²) in [5.41, 5.74) is 0.133. The third-order valence-electron chi connectivity index (χ3n) is 6.47. The van der Waals surface area contributed by atoms with E-state index in [0.29, 0.717) is 30.5 Å². The van der Waals surface area contributed by atoms with Gasteiger partial charge in [-0.25, -0.2) is 4.39 Å². The third kappa shape index (κ3) is 4.11. The lowest BCUT2D eigenvalue weighted by atomic mass is 9.80. The first-order chi connectivity index (χ1) is 16.6. The van der Waals surface area contributed by atoms with Crippen LogP contribution in [0, 0.1) is 5.82 Å². The minimum Gasteiger partial charge on any atom is -0.502 e. The molecule has 2 aliphatic rings. The smallest absolute Gasteiger partial charge is 0.502 e. The number of amides is 1. The van der Waals surface area contributed by atoms with E-state index >= 15 is 0 Å². The Bertz CT molecular complexity index is 1320. The van der Waals surface area contributed by atoms with Crippen LogP contribution >= 0.6 is 0 Å². The van der Waals surface area contributed by atoms with Crippen LogP contribution in [0.4, 0.5) is 17.6 Å². The first-order valence-corrected chi connectivity index (χ1v) is 10.9. The fourth-order valence-corrected chi connectivity index (χ4v) is 5.08. The molecule has 35 heavy (non-hydrogen) atoms. The summed E-state index contributed by atoms with van der Waals surface area (Å²) in [6, 6.07) is 9.92. The van der Waals surface area contributed by atoms with Gasteiger partial charge in [-0.1, -0.05) is 24.3 Å². The number of aromatic nitrogens is 2. The molecule has 1 N–H and O–H groups in total. The zero-order valence-corrected chi connectivity index (χ0v) is 18.1. The van der Waals surface area contributed by atoms with E-state index in [-0.39, 0.29) is 11.7 Å². The lowest BCUT2D eigenvalue weighted by Crippen LogP contribution is -2.50. The summed E-state index contributed by atoms with van der Waals surface area (Å²) >= 11 is 0. The second kappa shape index (κ2) is 8.40. The van der Waals surface area contributed by atoms with Crippen molar-refractivity contribution in [1.29, 1.82) is 0 Å². The van der Waals surface area contributed by atoms with Gasteiger partial charge in [0, 0.05) is 12.5 Å². The number of hydrogen-bond donors (Lipinski definition) is 1. The highest BCUT2D eigenvalue weighted by Gasteiger charge is 2.48. The molecule has 3 atom stereocenters. The fraction of sp³-hybridized carbons (Fsp3) is 0.292. The van der Waals surface area contributed by atoms with Crippen molar-refractivity contribution >= 4 is 5.91 Å². The summed E-state index contributed by atoms with van der Waals surface area (Å²) < 4.78 is 57.0. The number of hydrogen-bond acceptors (Lipinski definition) is 5. The lowest BCUT2D eigenvalue weighted by Gasteiger charge is -2.42. The summed E-state index contributed by atoms with van der Waals surface area (Å²) in [6.07, 6.45) is -2.64. The van der Waals surface area contributed by atoms with Gasteiger partial charge in [-0.3, -0.25) is 14.3 Å². The van der Waals surface area contributed by atoms with Crippen molar-refractivity contribution < 1.29 is 32.2 Å². The van der Waals surface area contributed by atoms with Crippen molar-refractivity contribution in [2.45, 2.75) is 37.2 Å². The minimum atomic E-state index is -4.85.